The van der Waals surface area contributed by atoms with Gasteiger partial charge in [-0.3, -0.25) is 4.57 Å². The van der Waals surface area contributed by atoms with Gasteiger partial charge >= 0.3 is 0 Å². The molecule has 2 rings (SSSR count). The van der Waals surface area contributed by atoms with Crippen LogP contribution < -0.4 is 5.73 Å². The minimum absolute atomic E-state index is 0.0658. The van der Waals surface area contributed by atoms with Crippen molar-refractivity contribution >= 4 is 5.84 Å². The highest BCUT2D eigenvalue weighted by molar-refractivity contribution is 5.94. The van der Waals surface area contributed by atoms with Gasteiger partial charge in [-0.1, -0.05) is 5.16 Å². The van der Waals surface area contributed by atoms with Gasteiger partial charge in [0.15, 0.2) is 5.82 Å². The molecule has 0 unspecified atom stereocenters. The van der Waals surface area contributed by atoms with Gasteiger partial charge in [0.1, 0.15) is 11.6 Å². The molecule has 0 atom stereocenters. The second kappa shape index (κ2) is 4.20. The summed E-state index contributed by atoms with van der Waals surface area (Å²) in [5, 5.41) is 11.6. The van der Waals surface area contributed by atoms with Crippen LogP contribution in [0.3, 0.4) is 0 Å². The van der Waals surface area contributed by atoms with Crippen LogP contribution in [0.2, 0.25) is 0 Å². The van der Waals surface area contributed by atoms with Crippen LogP contribution in [0, 0.1) is 13.8 Å². The molecule has 2 aromatic heterocycles. The summed E-state index contributed by atoms with van der Waals surface area (Å²) in [6, 6.07) is 1.79. The zero-order valence-electron chi connectivity index (χ0n) is 9.49. The molecule has 7 heteroatoms. The molecule has 0 spiro atoms. The van der Waals surface area contributed by atoms with Crippen LogP contribution >= 0.6 is 0 Å². The Morgan fingerprint density at radius 3 is 2.82 bits per heavy atom. The Hall–Kier alpha value is -2.44. The van der Waals surface area contributed by atoms with Crippen LogP contribution in [-0.4, -0.2) is 30.6 Å². The molecule has 0 aliphatic heterocycles. The Morgan fingerprint density at radius 2 is 2.18 bits per heavy atom. The Morgan fingerprint density at radius 1 is 1.41 bits per heavy atom. The lowest BCUT2D eigenvalue weighted by molar-refractivity contribution is 0.318. The first-order valence-corrected chi connectivity index (χ1v) is 4.95. The number of rotatable bonds is 2. The average Bonchev–Trinajstić information content (AvgIpc) is 2.75. The van der Waals surface area contributed by atoms with Crippen molar-refractivity contribution in [3.8, 4) is 5.82 Å². The quantitative estimate of drug-likeness (QED) is 0.337. The van der Waals surface area contributed by atoms with Crippen molar-refractivity contribution in [3.05, 3.63) is 35.8 Å². The fraction of sp³-hybridized carbons (Fsp3) is 0.200. The summed E-state index contributed by atoms with van der Waals surface area (Å²) in [7, 11) is 0. The molecule has 88 valence electrons. The Bertz CT molecular complexity index is 554. The topological polar surface area (TPSA) is 102 Å². The summed E-state index contributed by atoms with van der Waals surface area (Å²) in [5.74, 6) is 1.56. The maximum atomic E-state index is 8.66. The number of hydrogen-bond acceptors (Lipinski definition) is 5. The third-order valence-electron chi connectivity index (χ3n) is 2.18. The fourth-order valence-electron chi connectivity index (χ4n) is 1.54. The lowest BCUT2D eigenvalue weighted by Gasteiger charge is -2.07. The molecule has 0 saturated carbocycles. The molecule has 0 amide bonds. The lowest BCUT2D eigenvalue weighted by Crippen LogP contribution is -2.19. The van der Waals surface area contributed by atoms with Crippen molar-refractivity contribution in [2.24, 2.45) is 10.9 Å². The largest absolute Gasteiger partial charge is 0.409 e. The van der Waals surface area contributed by atoms with Crippen molar-refractivity contribution in [2.45, 2.75) is 13.8 Å². The first-order chi connectivity index (χ1) is 8.11. The molecule has 3 N–H and O–H groups in total. The molecule has 0 bridgehead atoms. The summed E-state index contributed by atoms with van der Waals surface area (Å²) in [5.41, 5.74) is 6.37. The first kappa shape index (κ1) is 11.1. The van der Waals surface area contributed by atoms with Gasteiger partial charge in [0.05, 0.1) is 0 Å². The minimum Gasteiger partial charge on any atom is -0.409 e. The third kappa shape index (κ3) is 2.07. The molecule has 2 aromatic rings. The zero-order valence-corrected chi connectivity index (χ0v) is 9.49. The third-order valence-corrected chi connectivity index (χ3v) is 2.18. The summed E-state index contributed by atoms with van der Waals surface area (Å²) in [6.07, 6.45) is 3.24. The van der Waals surface area contributed by atoms with Gasteiger partial charge in [0.2, 0.25) is 5.84 Å². The van der Waals surface area contributed by atoms with Crippen molar-refractivity contribution < 1.29 is 5.21 Å². The molecule has 2 heterocycles. The lowest BCUT2D eigenvalue weighted by atomic mass is 10.4. The van der Waals surface area contributed by atoms with Crippen molar-refractivity contribution in [1.29, 1.82) is 0 Å². The summed E-state index contributed by atoms with van der Waals surface area (Å²) < 4.78 is 1.64. The van der Waals surface area contributed by atoms with E-state index in [1.165, 1.54) is 0 Å². The van der Waals surface area contributed by atoms with Gasteiger partial charge < -0.3 is 10.9 Å². The number of aromatic nitrogens is 4. The van der Waals surface area contributed by atoms with Crippen molar-refractivity contribution in [1.82, 2.24) is 19.5 Å². The minimum atomic E-state index is -0.0658. The highest BCUT2D eigenvalue weighted by atomic mass is 16.4. The zero-order chi connectivity index (χ0) is 12.4. The van der Waals surface area contributed by atoms with E-state index in [1.54, 1.807) is 30.0 Å². The van der Waals surface area contributed by atoms with Crippen LogP contribution in [0.5, 0.6) is 0 Å². The van der Waals surface area contributed by atoms with E-state index in [-0.39, 0.29) is 5.84 Å². The van der Waals surface area contributed by atoms with Crippen LogP contribution in [0.15, 0.2) is 23.6 Å². The molecule has 0 fully saturated rings. The maximum Gasteiger partial charge on any atom is 0.206 e. The van der Waals surface area contributed by atoms with Gasteiger partial charge in [0.25, 0.3) is 0 Å². The number of nitrogens with two attached hydrogens (primary N) is 1. The van der Waals surface area contributed by atoms with E-state index >= 15 is 0 Å². The number of hydrogen-bond donors (Lipinski definition) is 2. The highest BCUT2D eigenvalue weighted by Crippen LogP contribution is 2.09. The van der Waals surface area contributed by atoms with E-state index in [0.717, 1.165) is 5.69 Å². The maximum absolute atomic E-state index is 8.66. The molecule has 0 radical (unpaired) electrons. The van der Waals surface area contributed by atoms with E-state index in [2.05, 4.69) is 20.1 Å². The van der Waals surface area contributed by atoms with Crippen LogP contribution in [0.4, 0.5) is 0 Å². The van der Waals surface area contributed by atoms with Gasteiger partial charge in [0, 0.05) is 24.2 Å². The number of imidazole rings is 1. The van der Waals surface area contributed by atoms with E-state index in [4.69, 9.17) is 10.9 Å². The SMILES string of the molecule is Cc1cc(-n2ccnc2C(N)=NO)nc(C)n1. The van der Waals surface area contributed by atoms with Crippen molar-refractivity contribution in [2.75, 3.05) is 0 Å². The number of nitrogens with zero attached hydrogens (tertiary/aromatic N) is 5. The van der Waals surface area contributed by atoms with E-state index in [1.807, 2.05) is 6.92 Å². The molecule has 0 aromatic carbocycles. The number of aryl methyl sites for hydroxylation is 2. The van der Waals surface area contributed by atoms with Crippen LogP contribution in [0.25, 0.3) is 5.82 Å². The van der Waals surface area contributed by atoms with E-state index < -0.39 is 0 Å². The van der Waals surface area contributed by atoms with Gasteiger partial charge in [-0.25, -0.2) is 15.0 Å². The average molecular weight is 232 g/mol. The molecule has 7 nitrogen and oxygen atoms in total. The number of oxime groups is 1. The molecular weight excluding hydrogens is 220 g/mol. The standard InChI is InChI=1S/C10H12N6O/c1-6-5-8(14-7(2)13-6)16-4-3-12-10(16)9(11)15-17/h3-5,17H,1-2H3,(H2,11,15). The monoisotopic (exact) mass is 232 g/mol. The van der Waals surface area contributed by atoms with E-state index in [9.17, 15) is 0 Å². The Labute approximate surface area is 97.6 Å². The second-order valence-electron chi connectivity index (χ2n) is 3.52. The Balaban J connectivity index is 2.57. The smallest absolute Gasteiger partial charge is 0.206 e. The van der Waals surface area contributed by atoms with E-state index in [0.29, 0.717) is 17.5 Å². The van der Waals surface area contributed by atoms with Gasteiger partial charge in [-0.05, 0) is 13.8 Å². The molecule has 0 aliphatic carbocycles. The first-order valence-electron chi connectivity index (χ1n) is 4.95. The molecule has 0 aliphatic rings. The molecular formula is C10H12N6O. The van der Waals surface area contributed by atoms with Crippen LogP contribution in [-0.2, 0) is 0 Å². The summed E-state index contributed by atoms with van der Waals surface area (Å²) in [4.78, 5) is 12.5. The van der Waals surface area contributed by atoms with Gasteiger partial charge in [-0.15, -0.1) is 0 Å². The van der Waals surface area contributed by atoms with Crippen molar-refractivity contribution in [3.63, 3.8) is 0 Å². The second-order valence-corrected chi connectivity index (χ2v) is 3.52. The fourth-order valence-corrected chi connectivity index (χ4v) is 1.54. The summed E-state index contributed by atoms with van der Waals surface area (Å²) in [6.45, 7) is 3.68. The predicted octanol–water partition coefficient (Wildman–Crippen LogP) is 0.374. The van der Waals surface area contributed by atoms with Gasteiger partial charge in [-0.2, -0.15) is 0 Å². The summed E-state index contributed by atoms with van der Waals surface area (Å²) >= 11 is 0. The normalized spacial score (nSPS) is 11.8. The molecule has 17 heavy (non-hydrogen) atoms. The predicted molar refractivity (Wildman–Crippen MR) is 61.1 cm³/mol. The van der Waals surface area contributed by atoms with Crippen LogP contribution in [0.1, 0.15) is 17.3 Å². The highest BCUT2D eigenvalue weighted by Gasteiger charge is 2.11. The molecule has 0 saturated heterocycles. The Kier molecular flexibility index (Phi) is 2.73. The number of amidine groups is 1.